The lowest BCUT2D eigenvalue weighted by molar-refractivity contribution is 0.411. The molecular weight excluding hydrogens is 673 g/mol. The maximum atomic E-state index is 7.00. The van der Waals surface area contributed by atoms with E-state index in [0.29, 0.717) is 0 Å². The molecule has 0 bridgehead atoms. The van der Waals surface area contributed by atoms with Crippen LogP contribution in [0.2, 0.25) is 0 Å². The number of aromatic nitrogens is 1. The zero-order valence-electron chi connectivity index (χ0n) is 29.9. The Morgan fingerprint density at radius 1 is 0.509 bits per heavy atom. The largest absolute Gasteiger partial charge is 0.459 e. The molecule has 2 atom stereocenters. The molecule has 3 heterocycles. The number of anilines is 5. The van der Waals surface area contributed by atoms with Crippen LogP contribution < -0.4 is 30.2 Å². The SMILES string of the molecule is C1=CC2C(N(c3ccccc3)c3cccnc3)=CC3=C(B4c5c(cccc5Oc5cc(N(c6ccccc6)c6ccccc6)c6ccccc6c54)O3)C2C=C1. The molecule has 260 valence electrons. The van der Waals surface area contributed by atoms with Crippen molar-refractivity contribution in [3.63, 3.8) is 0 Å². The summed E-state index contributed by atoms with van der Waals surface area (Å²) in [5, 5.41) is 2.32. The second-order valence-corrected chi connectivity index (χ2v) is 14.3. The quantitative estimate of drug-likeness (QED) is 0.161. The van der Waals surface area contributed by atoms with Gasteiger partial charge in [0.1, 0.15) is 23.0 Å². The Kier molecular flexibility index (Phi) is 7.34. The van der Waals surface area contributed by atoms with Crippen LogP contribution in [0.3, 0.4) is 0 Å². The number of hydrogen-bond acceptors (Lipinski definition) is 5. The number of pyridine rings is 1. The first-order valence-electron chi connectivity index (χ1n) is 18.8. The fourth-order valence-electron chi connectivity index (χ4n) is 8.99. The maximum absolute atomic E-state index is 7.00. The van der Waals surface area contributed by atoms with E-state index in [2.05, 4.69) is 185 Å². The maximum Gasteiger partial charge on any atom is 0.257 e. The second-order valence-electron chi connectivity index (χ2n) is 14.3. The van der Waals surface area contributed by atoms with Gasteiger partial charge in [0.15, 0.2) is 0 Å². The molecule has 6 aromatic carbocycles. The van der Waals surface area contributed by atoms with Gasteiger partial charge in [0.05, 0.1) is 17.6 Å². The van der Waals surface area contributed by atoms with Crippen molar-refractivity contribution in [1.29, 1.82) is 0 Å². The summed E-state index contributed by atoms with van der Waals surface area (Å²) in [6, 6.07) is 53.1. The first kappa shape index (κ1) is 31.5. The average molecular weight is 708 g/mol. The highest BCUT2D eigenvalue weighted by atomic mass is 16.5. The van der Waals surface area contributed by atoms with Gasteiger partial charge in [-0.3, -0.25) is 4.98 Å². The summed E-state index contributed by atoms with van der Waals surface area (Å²) in [6.07, 6.45) is 15.1. The first-order valence-corrected chi connectivity index (χ1v) is 18.8. The Labute approximate surface area is 320 Å². The molecule has 2 unspecified atom stereocenters. The molecule has 0 fully saturated rings. The molecule has 0 N–H and O–H groups in total. The Bertz CT molecular complexity index is 2650. The number of fused-ring (bicyclic) bond motifs is 7. The van der Waals surface area contributed by atoms with E-state index in [1.54, 1.807) is 0 Å². The van der Waals surface area contributed by atoms with E-state index < -0.39 is 0 Å². The van der Waals surface area contributed by atoms with E-state index in [0.717, 1.165) is 73.4 Å². The molecule has 2 aliphatic heterocycles. The van der Waals surface area contributed by atoms with Gasteiger partial charge in [0.25, 0.3) is 6.71 Å². The second kappa shape index (κ2) is 12.8. The van der Waals surface area contributed by atoms with Crippen LogP contribution >= 0.6 is 0 Å². The van der Waals surface area contributed by atoms with Gasteiger partial charge in [-0.25, -0.2) is 0 Å². The van der Waals surface area contributed by atoms with Gasteiger partial charge >= 0.3 is 0 Å². The van der Waals surface area contributed by atoms with Crippen LogP contribution in [0.25, 0.3) is 10.8 Å². The lowest BCUT2D eigenvalue weighted by Crippen LogP contribution is -2.54. The van der Waals surface area contributed by atoms with Crippen LogP contribution in [0.1, 0.15) is 0 Å². The number of allylic oxidation sites excluding steroid dienone is 6. The van der Waals surface area contributed by atoms with Crippen LogP contribution in [0, 0.1) is 11.8 Å². The van der Waals surface area contributed by atoms with E-state index in [1.165, 1.54) is 10.9 Å². The van der Waals surface area contributed by atoms with Crippen molar-refractivity contribution in [1.82, 2.24) is 4.98 Å². The van der Waals surface area contributed by atoms with Crippen LogP contribution in [-0.2, 0) is 0 Å². The summed E-state index contributed by atoms with van der Waals surface area (Å²) >= 11 is 0. The molecule has 0 spiro atoms. The number of benzene rings is 6. The normalized spacial score (nSPS) is 17.2. The Balaban J connectivity index is 1.16. The third kappa shape index (κ3) is 5.06. The van der Waals surface area contributed by atoms with Crippen molar-refractivity contribution in [3.05, 3.63) is 211 Å². The van der Waals surface area contributed by atoms with Gasteiger partial charge in [-0.2, -0.15) is 0 Å². The first-order chi connectivity index (χ1) is 27.3. The van der Waals surface area contributed by atoms with Gasteiger partial charge in [0.2, 0.25) is 0 Å². The number of rotatable bonds is 6. The van der Waals surface area contributed by atoms with Crippen molar-refractivity contribution < 1.29 is 9.47 Å². The molecule has 55 heavy (non-hydrogen) atoms. The molecule has 2 aliphatic carbocycles. The predicted molar refractivity (Wildman–Crippen MR) is 224 cm³/mol. The highest BCUT2D eigenvalue weighted by Crippen LogP contribution is 2.50. The molecule has 6 heteroatoms. The summed E-state index contributed by atoms with van der Waals surface area (Å²) in [6.45, 7) is -0.0930. The van der Waals surface area contributed by atoms with Crippen LogP contribution in [0.5, 0.6) is 17.2 Å². The van der Waals surface area contributed by atoms with E-state index in [9.17, 15) is 0 Å². The summed E-state index contributed by atoms with van der Waals surface area (Å²) in [5.41, 5.74) is 9.93. The summed E-state index contributed by atoms with van der Waals surface area (Å²) < 4.78 is 14.0. The smallest absolute Gasteiger partial charge is 0.257 e. The topological polar surface area (TPSA) is 37.8 Å². The number of hydrogen-bond donors (Lipinski definition) is 0. The minimum absolute atomic E-state index is 0.0311. The summed E-state index contributed by atoms with van der Waals surface area (Å²) in [7, 11) is 0. The lowest BCUT2D eigenvalue weighted by Gasteiger charge is -2.44. The van der Waals surface area contributed by atoms with E-state index in [-0.39, 0.29) is 18.5 Å². The molecular formula is C49H34BN3O2. The van der Waals surface area contributed by atoms with E-state index in [4.69, 9.17) is 9.47 Å². The van der Waals surface area contributed by atoms with Crippen LogP contribution in [0.15, 0.2) is 211 Å². The third-order valence-electron chi connectivity index (χ3n) is 11.2. The predicted octanol–water partition coefficient (Wildman–Crippen LogP) is 10.7. The zero-order valence-corrected chi connectivity index (χ0v) is 29.9. The summed E-state index contributed by atoms with van der Waals surface area (Å²) in [5.74, 6) is 3.47. The fourth-order valence-corrected chi connectivity index (χ4v) is 8.99. The standard InChI is InChI=1S/C49H34BN3O2/c1-4-16-33(17-5-1)52(34-18-6-2-7-19-34)41-30-45-47(39-25-12-10-23-37(39)41)50-48-40-26-13-11-24-38(40)42(31-46(48)55-44-28-14-27-43(54-45)49(44)50)53(35-20-8-3-9-21-35)36-22-15-29-51-32-36/h1-32,38,40H. The van der Waals surface area contributed by atoms with Crippen molar-refractivity contribution in [2.45, 2.75) is 0 Å². The van der Waals surface area contributed by atoms with Crippen molar-refractivity contribution in [3.8, 4) is 17.2 Å². The van der Waals surface area contributed by atoms with E-state index >= 15 is 0 Å². The highest BCUT2D eigenvalue weighted by Gasteiger charge is 2.48. The van der Waals surface area contributed by atoms with Crippen molar-refractivity contribution >= 4 is 56.8 Å². The molecule has 1 aromatic heterocycles. The van der Waals surface area contributed by atoms with Crippen molar-refractivity contribution in [2.24, 2.45) is 11.8 Å². The van der Waals surface area contributed by atoms with Gasteiger partial charge < -0.3 is 19.3 Å². The molecule has 0 amide bonds. The third-order valence-corrected chi connectivity index (χ3v) is 11.2. The molecule has 4 aliphatic rings. The molecule has 0 saturated carbocycles. The summed E-state index contributed by atoms with van der Waals surface area (Å²) in [4.78, 5) is 9.20. The lowest BCUT2D eigenvalue weighted by atomic mass is 9.31. The Morgan fingerprint density at radius 3 is 1.78 bits per heavy atom. The Morgan fingerprint density at radius 2 is 1.11 bits per heavy atom. The minimum atomic E-state index is -0.0930. The van der Waals surface area contributed by atoms with Gasteiger partial charge in [-0.1, -0.05) is 109 Å². The molecule has 5 nitrogen and oxygen atoms in total. The van der Waals surface area contributed by atoms with E-state index in [1.807, 2.05) is 24.5 Å². The van der Waals surface area contributed by atoms with Gasteiger partial charge in [0, 0.05) is 63.8 Å². The van der Waals surface area contributed by atoms with Gasteiger partial charge in [-0.15, -0.1) is 0 Å². The van der Waals surface area contributed by atoms with Crippen molar-refractivity contribution in [2.75, 3.05) is 9.80 Å². The van der Waals surface area contributed by atoms with Crippen LogP contribution in [-0.4, -0.2) is 11.7 Å². The van der Waals surface area contributed by atoms with Gasteiger partial charge in [-0.05, 0) is 77.0 Å². The zero-order chi connectivity index (χ0) is 36.3. The monoisotopic (exact) mass is 707 g/mol. The fraction of sp³-hybridized carbons (Fsp3) is 0.0408. The van der Waals surface area contributed by atoms with Crippen LogP contribution in [0.4, 0.5) is 28.4 Å². The molecule has 11 rings (SSSR count). The molecule has 0 saturated heterocycles. The molecule has 7 aromatic rings. The number of ether oxygens (including phenoxy) is 2. The number of nitrogens with zero attached hydrogens (tertiary/aromatic N) is 3. The highest BCUT2D eigenvalue weighted by molar-refractivity contribution is 6.95. The minimum Gasteiger partial charge on any atom is -0.459 e. The number of para-hydroxylation sites is 3. The average Bonchev–Trinajstić information content (AvgIpc) is 3.25. The molecule has 0 radical (unpaired) electrons. The Hall–Kier alpha value is -7.05.